The molecule has 0 spiro atoms. The number of pyridine rings is 2. The minimum Gasteiger partial charge on any atom is -0.472 e. The number of rotatable bonds is 8. The van der Waals surface area contributed by atoms with Crippen molar-refractivity contribution in [2.75, 3.05) is 11.9 Å². The Kier molecular flexibility index (Phi) is 7.36. The van der Waals surface area contributed by atoms with E-state index in [4.69, 9.17) is 4.74 Å². The lowest BCUT2D eigenvalue weighted by Crippen LogP contribution is -2.24. The van der Waals surface area contributed by atoms with Gasteiger partial charge in [0.25, 0.3) is 12.3 Å². The first kappa shape index (κ1) is 21.2. The predicted octanol–water partition coefficient (Wildman–Crippen LogP) is 2.95. The highest BCUT2D eigenvalue weighted by Crippen LogP contribution is 2.14. The van der Waals surface area contributed by atoms with Crippen molar-refractivity contribution >= 4 is 17.6 Å². The maximum absolute atomic E-state index is 12.4. The van der Waals surface area contributed by atoms with Crippen molar-refractivity contribution in [2.24, 2.45) is 5.92 Å². The van der Waals surface area contributed by atoms with Crippen LogP contribution in [0.25, 0.3) is 0 Å². The molecule has 2 aromatic rings. The van der Waals surface area contributed by atoms with Crippen LogP contribution in [-0.2, 0) is 11.3 Å². The summed E-state index contributed by atoms with van der Waals surface area (Å²) >= 11 is 0. The standard InChI is InChI=1S/C19H22F2N4O3/c1-11(2)18(26)25-16-8-13(6-7-22-16)19(27)23-9-14-4-5-17(24-12(14)3)28-10-15(20)21/h4-8,11,15H,9-10H2,1-3H3,(H,23,27)(H,22,25,26). The van der Waals surface area contributed by atoms with E-state index in [9.17, 15) is 18.4 Å². The van der Waals surface area contributed by atoms with Crippen molar-refractivity contribution in [3.8, 4) is 5.88 Å². The molecule has 0 saturated heterocycles. The molecule has 28 heavy (non-hydrogen) atoms. The van der Waals surface area contributed by atoms with E-state index in [2.05, 4.69) is 20.6 Å². The van der Waals surface area contributed by atoms with Gasteiger partial charge < -0.3 is 15.4 Å². The number of amides is 2. The van der Waals surface area contributed by atoms with Gasteiger partial charge in [-0.25, -0.2) is 18.7 Å². The predicted molar refractivity (Wildman–Crippen MR) is 99.3 cm³/mol. The summed E-state index contributed by atoms with van der Waals surface area (Å²) in [4.78, 5) is 32.2. The summed E-state index contributed by atoms with van der Waals surface area (Å²) in [5, 5.41) is 5.39. The lowest BCUT2D eigenvalue weighted by molar-refractivity contribution is -0.118. The van der Waals surface area contributed by atoms with Gasteiger partial charge in [-0.15, -0.1) is 0 Å². The number of carbonyl (C=O) groups excluding carboxylic acids is 2. The number of carbonyl (C=O) groups is 2. The summed E-state index contributed by atoms with van der Waals surface area (Å²) in [6, 6.07) is 6.15. The lowest BCUT2D eigenvalue weighted by atomic mass is 10.2. The van der Waals surface area contributed by atoms with Crippen LogP contribution in [0.15, 0.2) is 30.5 Å². The average molecular weight is 392 g/mol. The van der Waals surface area contributed by atoms with Gasteiger partial charge in [-0.3, -0.25) is 9.59 Å². The number of aromatic nitrogens is 2. The molecule has 150 valence electrons. The summed E-state index contributed by atoms with van der Waals surface area (Å²) < 4.78 is 29.2. The molecule has 2 amide bonds. The number of hydrogen-bond donors (Lipinski definition) is 2. The van der Waals surface area contributed by atoms with Crippen molar-refractivity contribution in [3.05, 3.63) is 47.3 Å². The maximum atomic E-state index is 12.4. The maximum Gasteiger partial charge on any atom is 0.272 e. The molecule has 2 N–H and O–H groups in total. The molecule has 0 fully saturated rings. The number of aryl methyl sites for hydroxylation is 1. The molecule has 0 aliphatic rings. The molecular weight excluding hydrogens is 370 g/mol. The fourth-order valence-corrected chi connectivity index (χ4v) is 2.17. The van der Waals surface area contributed by atoms with Crippen LogP contribution in [0.1, 0.15) is 35.5 Å². The van der Waals surface area contributed by atoms with Crippen molar-refractivity contribution in [1.29, 1.82) is 0 Å². The van der Waals surface area contributed by atoms with E-state index in [1.165, 1.54) is 24.4 Å². The minimum absolute atomic E-state index is 0.104. The number of alkyl halides is 2. The summed E-state index contributed by atoms with van der Waals surface area (Å²) in [6.07, 6.45) is -1.14. The third-order valence-electron chi connectivity index (χ3n) is 3.76. The van der Waals surface area contributed by atoms with Gasteiger partial charge in [0.05, 0.1) is 0 Å². The van der Waals surface area contributed by atoms with E-state index in [-0.39, 0.29) is 30.2 Å². The zero-order valence-corrected chi connectivity index (χ0v) is 15.8. The van der Waals surface area contributed by atoms with E-state index < -0.39 is 13.0 Å². The molecule has 2 rings (SSSR count). The highest BCUT2D eigenvalue weighted by Gasteiger charge is 2.12. The number of hydrogen-bond acceptors (Lipinski definition) is 5. The first-order chi connectivity index (χ1) is 13.3. The Hall–Kier alpha value is -3.10. The first-order valence-electron chi connectivity index (χ1n) is 8.69. The third-order valence-corrected chi connectivity index (χ3v) is 3.76. The van der Waals surface area contributed by atoms with E-state index >= 15 is 0 Å². The van der Waals surface area contributed by atoms with Gasteiger partial charge in [-0.2, -0.15) is 0 Å². The number of nitrogens with zero attached hydrogens (tertiary/aromatic N) is 2. The van der Waals surface area contributed by atoms with Gasteiger partial charge in [0, 0.05) is 36.0 Å². The molecular formula is C19H22F2N4O3. The van der Waals surface area contributed by atoms with Crippen molar-refractivity contribution in [3.63, 3.8) is 0 Å². The van der Waals surface area contributed by atoms with Gasteiger partial charge >= 0.3 is 0 Å². The largest absolute Gasteiger partial charge is 0.472 e. The molecule has 0 saturated carbocycles. The SMILES string of the molecule is Cc1nc(OCC(F)F)ccc1CNC(=O)c1ccnc(NC(=O)C(C)C)c1. The second kappa shape index (κ2) is 9.72. The zero-order chi connectivity index (χ0) is 20.7. The topological polar surface area (TPSA) is 93.2 Å². The van der Waals surface area contributed by atoms with Crippen LogP contribution in [0.5, 0.6) is 5.88 Å². The van der Waals surface area contributed by atoms with Crippen LogP contribution in [0.4, 0.5) is 14.6 Å². The van der Waals surface area contributed by atoms with Gasteiger partial charge in [-0.1, -0.05) is 19.9 Å². The van der Waals surface area contributed by atoms with Crippen LogP contribution in [0.3, 0.4) is 0 Å². The van der Waals surface area contributed by atoms with Gasteiger partial charge in [0.1, 0.15) is 5.82 Å². The normalized spacial score (nSPS) is 10.8. The van der Waals surface area contributed by atoms with E-state index in [1.54, 1.807) is 26.8 Å². The van der Waals surface area contributed by atoms with Gasteiger partial charge in [0.15, 0.2) is 6.61 Å². The fourth-order valence-electron chi connectivity index (χ4n) is 2.17. The van der Waals surface area contributed by atoms with Crippen molar-refractivity contribution < 1.29 is 23.1 Å². The Morgan fingerprint density at radius 3 is 2.61 bits per heavy atom. The fraction of sp³-hybridized carbons (Fsp3) is 0.368. The minimum atomic E-state index is -2.57. The Bertz CT molecular complexity index is 844. The first-order valence-corrected chi connectivity index (χ1v) is 8.69. The van der Waals surface area contributed by atoms with E-state index in [1.807, 2.05) is 0 Å². The summed E-state index contributed by atoms with van der Waals surface area (Å²) in [5.41, 5.74) is 1.63. The molecule has 9 heteroatoms. The number of halogens is 2. The molecule has 0 unspecified atom stereocenters. The average Bonchev–Trinajstić information content (AvgIpc) is 2.65. The molecule has 0 radical (unpaired) electrons. The molecule has 0 bridgehead atoms. The van der Waals surface area contributed by atoms with Gasteiger partial charge in [0.2, 0.25) is 11.8 Å². The number of ether oxygens (including phenoxy) is 1. The lowest BCUT2D eigenvalue weighted by Gasteiger charge is -2.11. The molecule has 0 aromatic carbocycles. The Morgan fingerprint density at radius 1 is 1.21 bits per heavy atom. The Balaban J connectivity index is 1.97. The quantitative estimate of drug-likeness (QED) is 0.721. The third kappa shape index (κ3) is 6.26. The highest BCUT2D eigenvalue weighted by atomic mass is 19.3. The Labute approximate surface area is 161 Å². The smallest absolute Gasteiger partial charge is 0.272 e. The van der Waals surface area contributed by atoms with Crippen LogP contribution < -0.4 is 15.4 Å². The molecule has 0 aliphatic heterocycles. The molecule has 0 atom stereocenters. The summed E-state index contributed by atoms with van der Waals surface area (Å²) in [5.74, 6) is -0.347. The Morgan fingerprint density at radius 2 is 1.96 bits per heavy atom. The van der Waals surface area contributed by atoms with Crippen LogP contribution in [0, 0.1) is 12.8 Å². The van der Waals surface area contributed by atoms with Crippen molar-refractivity contribution in [1.82, 2.24) is 15.3 Å². The number of nitrogens with one attached hydrogen (secondary N) is 2. The van der Waals surface area contributed by atoms with Crippen molar-refractivity contribution in [2.45, 2.75) is 33.7 Å². The van der Waals surface area contributed by atoms with E-state index in [0.29, 0.717) is 17.1 Å². The summed E-state index contributed by atoms with van der Waals surface area (Å²) in [6.45, 7) is 4.68. The summed E-state index contributed by atoms with van der Waals surface area (Å²) in [7, 11) is 0. The van der Waals surface area contributed by atoms with Crippen LogP contribution >= 0.6 is 0 Å². The van der Waals surface area contributed by atoms with Crippen LogP contribution in [-0.4, -0.2) is 34.8 Å². The monoisotopic (exact) mass is 392 g/mol. The second-order valence-electron chi connectivity index (χ2n) is 6.35. The molecule has 2 aromatic heterocycles. The molecule has 0 aliphatic carbocycles. The number of anilines is 1. The van der Waals surface area contributed by atoms with E-state index in [0.717, 1.165) is 5.56 Å². The zero-order valence-electron chi connectivity index (χ0n) is 15.8. The van der Waals surface area contributed by atoms with Gasteiger partial charge in [-0.05, 0) is 24.6 Å². The second-order valence-corrected chi connectivity index (χ2v) is 6.35. The van der Waals surface area contributed by atoms with Crippen LogP contribution in [0.2, 0.25) is 0 Å². The molecule has 2 heterocycles. The molecule has 7 nitrogen and oxygen atoms in total. The highest BCUT2D eigenvalue weighted by molar-refractivity contribution is 5.96.